The number of thioether (sulfide) groups is 1. The third kappa shape index (κ3) is 23.7. The molecule has 1 spiro atoms. The van der Waals surface area contributed by atoms with Crippen molar-refractivity contribution in [3.63, 3.8) is 0 Å². The van der Waals surface area contributed by atoms with E-state index in [-0.39, 0.29) is 23.2 Å². The van der Waals surface area contributed by atoms with E-state index < -0.39 is 121 Å². The van der Waals surface area contributed by atoms with Crippen molar-refractivity contribution in [2.45, 2.75) is 303 Å². The van der Waals surface area contributed by atoms with Gasteiger partial charge < -0.3 is 68.3 Å². The van der Waals surface area contributed by atoms with E-state index in [1.54, 1.807) is 14.0 Å². The van der Waals surface area contributed by atoms with Crippen molar-refractivity contribution >= 4 is 145 Å². The highest BCUT2D eigenvalue weighted by atomic mass is 32.2. The number of esters is 1. The average Bonchev–Trinajstić information content (AvgIpc) is 1.53. The first kappa shape index (κ1) is 96.2. The van der Waals surface area contributed by atoms with Gasteiger partial charge in [-0.25, -0.2) is 4.79 Å². The molecule has 4 aliphatic rings. The van der Waals surface area contributed by atoms with Crippen molar-refractivity contribution < 1.29 is 73.1 Å². The van der Waals surface area contributed by atoms with Crippen molar-refractivity contribution in [2.75, 3.05) is 13.7 Å². The molecule has 1 atom stereocenters. The standard InChI is InChI=1S/C84H144O17SSi13/c1-36-81(37-2)54-56-82(57-55-81)74-42-39-38-41-70(74)77-72-61-75-76(102-84(88-75,64(5)6)65(7)8)62-73(72)79-71(78(77)82)51-53-83(89-79,68-47-49-69(86-9)50-48-68)67-45-43-66(44-46-67)52-60-104(12,13)91-106(16,17)93-108(20,21)95-110(24,25)97-112(28,29)99-114(32,33)101-115(34,35)100-113(30,31)98-111(26,27)96-109(22,23)94-107(18,19)92-105(14,15)90-103(10,11)59-40-58-87-80(85)63(3)4/h38-39,41-51,53,61-62,64-65H,3,36-37,40,52,54-60H2,1-2,4-35H3. The maximum atomic E-state index is 11.9. The van der Waals surface area contributed by atoms with Crippen LogP contribution >= 0.6 is 11.8 Å². The second-order valence-electron chi connectivity index (χ2n) is 39.7. The van der Waals surface area contributed by atoms with E-state index in [9.17, 15) is 4.79 Å². The lowest BCUT2D eigenvalue weighted by Gasteiger charge is -2.47. The Balaban J connectivity index is 0.839. The quantitative estimate of drug-likeness (QED) is 0.0158. The zero-order valence-electron chi connectivity index (χ0n) is 76.7. The first-order valence-corrected chi connectivity index (χ1v) is 80.1. The molecule has 1 unspecified atom stereocenters. The van der Waals surface area contributed by atoms with Crippen LogP contribution in [-0.2, 0) is 76.4 Å². The molecule has 2 aliphatic heterocycles. The molecule has 640 valence electrons. The summed E-state index contributed by atoms with van der Waals surface area (Å²) in [6.07, 6.45) is 13.3. The predicted octanol–water partition coefficient (Wildman–Crippen LogP) is 24.7. The van der Waals surface area contributed by atoms with Gasteiger partial charge in [-0.05, 0) is 297 Å². The lowest BCUT2D eigenvalue weighted by Crippen LogP contribution is -2.63. The Bertz CT molecular complexity index is 4310. The number of fused-ring (bicyclic) bond motifs is 11. The maximum absolute atomic E-state index is 11.9. The molecule has 115 heavy (non-hydrogen) atoms. The van der Waals surface area contributed by atoms with Crippen LogP contribution < -0.4 is 14.2 Å². The van der Waals surface area contributed by atoms with Gasteiger partial charge in [0.25, 0.3) is 0 Å². The van der Waals surface area contributed by atoms with Gasteiger partial charge in [-0.15, -0.1) is 0 Å². The summed E-state index contributed by atoms with van der Waals surface area (Å²) >= 11 is 1.89. The number of carbonyl (C=O) groups is 1. The minimum atomic E-state index is -2.90. The number of benzene rings is 5. The van der Waals surface area contributed by atoms with Crippen LogP contribution in [0.4, 0.5) is 0 Å². The van der Waals surface area contributed by atoms with Crippen LogP contribution in [-0.4, -0.2) is 135 Å². The lowest BCUT2D eigenvalue weighted by atomic mass is 9.58. The van der Waals surface area contributed by atoms with Crippen molar-refractivity contribution in [2.24, 2.45) is 17.3 Å². The monoisotopic (exact) mass is 1820 g/mol. The summed E-state index contributed by atoms with van der Waals surface area (Å²) in [4.78, 5) is 12.7. The molecule has 5 aromatic rings. The summed E-state index contributed by atoms with van der Waals surface area (Å²) in [6, 6.07) is 33.5. The van der Waals surface area contributed by atoms with Crippen molar-refractivity contribution in [1.29, 1.82) is 0 Å². The number of aryl methyl sites for hydroxylation is 1. The van der Waals surface area contributed by atoms with Gasteiger partial charge in [-0.2, -0.15) is 0 Å². The molecule has 2 heterocycles. The third-order valence-corrected chi connectivity index (χ3v) is 75.1. The highest BCUT2D eigenvalue weighted by Gasteiger charge is 2.56. The smallest absolute Gasteiger partial charge is 0.333 e. The first-order chi connectivity index (χ1) is 52.5. The topological polar surface area (TPSA) is 165 Å². The summed E-state index contributed by atoms with van der Waals surface area (Å²) in [5, 5.41) is 2.32. The number of hydrogen-bond donors (Lipinski definition) is 0. The third-order valence-electron chi connectivity index (χ3n) is 22.5. The number of hydrogen-bond acceptors (Lipinski definition) is 18. The second kappa shape index (κ2) is 34.8. The molecule has 0 saturated heterocycles. The van der Waals surface area contributed by atoms with E-state index in [2.05, 4.69) is 315 Å². The Kier molecular flexibility index (Phi) is 29.2. The Morgan fingerprint density at radius 1 is 0.504 bits per heavy atom. The van der Waals surface area contributed by atoms with Crippen LogP contribution in [0.5, 0.6) is 17.2 Å². The minimum Gasteiger partial charge on any atom is -0.497 e. The Morgan fingerprint density at radius 2 is 0.913 bits per heavy atom. The van der Waals surface area contributed by atoms with Gasteiger partial charge >= 0.3 is 100 Å². The van der Waals surface area contributed by atoms with E-state index in [0.717, 1.165) is 70.0 Å². The summed E-state index contributed by atoms with van der Waals surface area (Å²) in [7, 11) is -33.9. The van der Waals surface area contributed by atoms with Crippen LogP contribution in [0.3, 0.4) is 0 Å². The van der Waals surface area contributed by atoms with Crippen LogP contribution in [0, 0.1) is 17.3 Å². The molecule has 0 radical (unpaired) electrons. The minimum absolute atomic E-state index is 0.162. The molecule has 1 fully saturated rings. The molecule has 0 amide bonds. The predicted molar refractivity (Wildman–Crippen MR) is 504 cm³/mol. The fraction of sp³-hybridized carbons (Fsp3) is 0.607. The zero-order valence-corrected chi connectivity index (χ0v) is 90.5. The van der Waals surface area contributed by atoms with Crippen molar-refractivity contribution in [1.82, 2.24) is 0 Å². The highest BCUT2D eigenvalue weighted by molar-refractivity contribution is 8.01. The summed E-state index contributed by atoms with van der Waals surface area (Å²) in [6.45, 7) is 74.6. The van der Waals surface area contributed by atoms with E-state index in [4.69, 9.17) is 68.3 Å². The molecule has 2 aliphatic carbocycles. The van der Waals surface area contributed by atoms with Crippen LogP contribution in [0.1, 0.15) is 127 Å². The van der Waals surface area contributed by atoms with E-state index in [1.165, 1.54) is 64.5 Å². The van der Waals surface area contributed by atoms with E-state index in [1.807, 2.05) is 11.8 Å². The van der Waals surface area contributed by atoms with E-state index >= 15 is 0 Å². The largest absolute Gasteiger partial charge is 0.497 e. The number of methoxy groups -OCH3 is 1. The Morgan fingerprint density at radius 3 is 1.32 bits per heavy atom. The van der Waals surface area contributed by atoms with Crippen molar-refractivity contribution in [3.05, 3.63) is 137 Å². The van der Waals surface area contributed by atoms with Crippen molar-refractivity contribution in [3.8, 4) is 28.4 Å². The summed E-state index contributed by atoms with van der Waals surface area (Å²) in [5.41, 5.74) is 9.70. The second-order valence-corrected chi connectivity index (χ2v) is 89.6. The molecule has 0 N–H and O–H groups in total. The van der Waals surface area contributed by atoms with Crippen LogP contribution in [0.2, 0.25) is 182 Å². The zero-order chi connectivity index (χ0) is 86.0. The molecule has 31 heteroatoms. The van der Waals surface area contributed by atoms with E-state index in [0.29, 0.717) is 24.0 Å². The van der Waals surface area contributed by atoms with Gasteiger partial charge in [-0.3, -0.25) is 0 Å². The fourth-order valence-corrected chi connectivity index (χ4v) is 87.6. The first-order valence-electron chi connectivity index (χ1n) is 42.1. The molecule has 1 saturated carbocycles. The molecule has 0 bridgehead atoms. The number of ether oxygens (including phenoxy) is 4. The molecule has 17 nitrogen and oxygen atoms in total. The molecular weight excluding hydrogens is 1680 g/mol. The van der Waals surface area contributed by atoms with Crippen LogP contribution in [0.15, 0.2) is 108 Å². The molecular formula is C84H144O17SSi13. The van der Waals surface area contributed by atoms with Crippen LogP contribution in [0.25, 0.3) is 28.0 Å². The van der Waals surface area contributed by atoms with Gasteiger partial charge in [0.05, 0.1) is 18.6 Å². The van der Waals surface area contributed by atoms with Gasteiger partial charge in [0.2, 0.25) is 0 Å². The van der Waals surface area contributed by atoms with Gasteiger partial charge in [-0.1, -0.05) is 139 Å². The SMILES string of the molecule is C=C(C)C(=O)OCCC[Si](C)(C)O[Si](C)(C)O[Si](C)(C)O[Si](C)(C)O[Si](C)(C)O[Si](C)(C)O[Si](C)(C)O[Si](C)(C)O[Si](C)(C)O[Si](C)(C)O[Si](C)(C)O[Si](C)(C)O[Si](C)(C)CCc1ccc(C2(c3ccc(OC)cc3)C=Cc3c4c(c5cc6c(cc5c3O2)SC(C(C)C)(C(C)C)O6)-c2ccccc2C42CCC(CC)(CC)CC2)cc1. The summed E-state index contributed by atoms with van der Waals surface area (Å²) < 4.78 is 111. The average molecular weight is 1820 g/mol. The lowest BCUT2D eigenvalue weighted by molar-refractivity contribution is -0.138. The number of carbonyl (C=O) groups excluding carboxylic acids is 1. The normalized spacial score (nSPS) is 18.2. The maximum Gasteiger partial charge on any atom is 0.333 e. The Labute approximate surface area is 711 Å². The highest BCUT2D eigenvalue weighted by Crippen LogP contribution is 2.66. The van der Waals surface area contributed by atoms with Gasteiger partial charge in [0.15, 0.2) is 27.2 Å². The number of rotatable bonds is 39. The molecule has 5 aromatic carbocycles. The summed E-state index contributed by atoms with van der Waals surface area (Å²) in [5.74, 6) is 2.90. The Hall–Kier alpha value is -2.60. The fourth-order valence-electron chi connectivity index (χ4n) is 19.6. The van der Waals surface area contributed by atoms with Gasteiger partial charge in [0.1, 0.15) is 17.2 Å². The molecule has 0 aromatic heterocycles. The molecule has 9 rings (SSSR count). The van der Waals surface area contributed by atoms with Gasteiger partial charge in [0, 0.05) is 44.9 Å².